The fourth-order valence-electron chi connectivity index (χ4n) is 3.83. The highest BCUT2D eigenvalue weighted by Crippen LogP contribution is 2.47. The molecule has 1 N–H and O–H groups in total. The van der Waals surface area contributed by atoms with Crippen molar-refractivity contribution < 1.29 is 14.0 Å². The van der Waals surface area contributed by atoms with E-state index in [0.717, 1.165) is 12.8 Å². The molecule has 0 heterocycles. The molecular formula is C16H34O3P+. The third-order valence-corrected chi connectivity index (χ3v) is 4.80. The lowest BCUT2D eigenvalue weighted by molar-refractivity contribution is -0.0838. The largest absolute Gasteiger partial charge is 0.695 e. The molecule has 0 aromatic heterocycles. The predicted molar refractivity (Wildman–Crippen MR) is 85.7 cm³/mol. The highest BCUT2D eigenvalue weighted by molar-refractivity contribution is 7.32. The molecule has 0 aliphatic heterocycles. The second-order valence-corrected chi connectivity index (χ2v) is 8.06. The monoisotopic (exact) mass is 305 g/mol. The molecule has 0 radical (unpaired) electrons. The Morgan fingerprint density at radius 1 is 0.900 bits per heavy atom. The minimum Gasteiger partial charge on any atom is -0.133 e. The van der Waals surface area contributed by atoms with E-state index in [1.54, 1.807) is 0 Å². The van der Waals surface area contributed by atoms with Crippen molar-refractivity contribution in [2.75, 3.05) is 0 Å². The highest BCUT2D eigenvalue weighted by atomic mass is 31.1. The van der Waals surface area contributed by atoms with Crippen LogP contribution in [0, 0.1) is 29.6 Å². The van der Waals surface area contributed by atoms with Crippen LogP contribution in [0.4, 0.5) is 0 Å². The Morgan fingerprint density at radius 3 is 1.45 bits per heavy atom. The smallest absolute Gasteiger partial charge is 0.133 e. The quantitative estimate of drug-likeness (QED) is 0.579. The first-order chi connectivity index (χ1) is 9.03. The van der Waals surface area contributed by atoms with Gasteiger partial charge in [-0.1, -0.05) is 55.4 Å². The molecular weight excluding hydrogens is 271 g/mol. The molecule has 3 unspecified atom stereocenters. The van der Waals surface area contributed by atoms with E-state index in [2.05, 4.69) is 55.4 Å². The molecule has 0 aromatic rings. The maximum atomic E-state index is 11.4. The SMILES string of the molecule is CC(C)CC(C)C(O[P+](=O)O)(C(C)C)C(C)CC(C)C. The highest BCUT2D eigenvalue weighted by Gasteiger charge is 2.51. The van der Waals surface area contributed by atoms with Gasteiger partial charge in [-0.2, -0.15) is 0 Å². The summed E-state index contributed by atoms with van der Waals surface area (Å²) in [5, 5.41) is 0. The molecule has 0 aliphatic carbocycles. The van der Waals surface area contributed by atoms with Gasteiger partial charge in [0, 0.05) is 4.57 Å². The van der Waals surface area contributed by atoms with Crippen LogP contribution < -0.4 is 0 Å². The Labute approximate surface area is 126 Å². The molecule has 0 spiro atoms. The first-order valence-electron chi connectivity index (χ1n) is 7.89. The fraction of sp³-hybridized carbons (Fsp3) is 1.00. The summed E-state index contributed by atoms with van der Waals surface area (Å²) in [4.78, 5) is 9.39. The molecule has 0 saturated heterocycles. The van der Waals surface area contributed by atoms with Crippen LogP contribution in [0.5, 0.6) is 0 Å². The molecule has 0 fully saturated rings. The average Bonchev–Trinajstić information content (AvgIpc) is 2.22. The van der Waals surface area contributed by atoms with Gasteiger partial charge in [-0.25, -0.2) is 0 Å². The summed E-state index contributed by atoms with van der Waals surface area (Å²) >= 11 is 0. The molecule has 3 nitrogen and oxygen atoms in total. The number of rotatable bonds is 9. The van der Waals surface area contributed by atoms with E-state index in [1.165, 1.54) is 0 Å². The molecule has 0 amide bonds. The number of hydrogen-bond acceptors (Lipinski definition) is 2. The molecule has 3 atom stereocenters. The molecule has 20 heavy (non-hydrogen) atoms. The molecule has 0 aromatic carbocycles. The van der Waals surface area contributed by atoms with Gasteiger partial charge in [0.05, 0.1) is 0 Å². The van der Waals surface area contributed by atoms with Crippen LogP contribution in [-0.4, -0.2) is 10.5 Å². The van der Waals surface area contributed by atoms with Crippen molar-refractivity contribution in [2.24, 2.45) is 29.6 Å². The van der Waals surface area contributed by atoms with Crippen LogP contribution in [0.2, 0.25) is 0 Å². The van der Waals surface area contributed by atoms with Crippen molar-refractivity contribution in [3.63, 3.8) is 0 Å². The Hall–Kier alpha value is 0.0200. The zero-order chi connectivity index (χ0) is 16.1. The van der Waals surface area contributed by atoms with Gasteiger partial charge < -0.3 is 0 Å². The lowest BCUT2D eigenvalue weighted by Crippen LogP contribution is -2.49. The van der Waals surface area contributed by atoms with Crippen LogP contribution in [0.25, 0.3) is 0 Å². The Morgan fingerprint density at radius 2 is 1.25 bits per heavy atom. The van der Waals surface area contributed by atoms with E-state index in [-0.39, 0.29) is 17.8 Å². The minimum absolute atomic E-state index is 0.205. The van der Waals surface area contributed by atoms with Crippen molar-refractivity contribution >= 4 is 8.25 Å². The third kappa shape index (κ3) is 5.42. The van der Waals surface area contributed by atoms with E-state index in [0.29, 0.717) is 11.8 Å². The minimum atomic E-state index is -2.59. The first kappa shape index (κ1) is 20.0. The number of hydrogen-bond donors (Lipinski definition) is 1. The van der Waals surface area contributed by atoms with Gasteiger partial charge in [-0.15, -0.1) is 9.42 Å². The van der Waals surface area contributed by atoms with Crippen LogP contribution >= 0.6 is 8.25 Å². The molecule has 0 aliphatic rings. The van der Waals surface area contributed by atoms with Crippen LogP contribution in [0.15, 0.2) is 0 Å². The van der Waals surface area contributed by atoms with Crippen molar-refractivity contribution in [1.29, 1.82) is 0 Å². The lowest BCUT2D eigenvalue weighted by atomic mass is 9.67. The fourth-order valence-corrected chi connectivity index (χ4v) is 4.67. The molecule has 0 saturated carbocycles. The normalized spacial score (nSPS) is 19.3. The summed E-state index contributed by atoms with van der Waals surface area (Å²) in [6.45, 7) is 17.3. The summed E-state index contributed by atoms with van der Waals surface area (Å²) < 4.78 is 17.1. The van der Waals surface area contributed by atoms with Gasteiger partial charge in [0.15, 0.2) is 0 Å². The summed E-state index contributed by atoms with van der Waals surface area (Å²) in [6, 6.07) is 0. The van der Waals surface area contributed by atoms with Gasteiger partial charge in [-0.3, -0.25) is 0 Å². The van der Waals surface area contributed by atoms with Crippen LogP contribution in [-0.2, 0) is 9.09 Å². The Balaban J connectivity index is 5.50. The summed E-state index contributed by atoms with van der Waals surface area (Å²) in [5.74, 6) is 1.81. The van der Waals surface area contributed by atoms with Gasteiger partial charge in [0.25, 0.3) is 0 Å². The predicted octanol–water partition coefficient (Wildman–Crippen LogP) is 5.41. The second kappa shape index (κ2) is 8.46. The van der Waals surface area contributed by atoms with E-state index in [4.69, 9.17) is 4.52 Å². The maximum absolute atomic E-state index is 11.4. The van der Waals surface area contributed by atoms with Gasteiger partial charge in [0.2, 0.25) is 0 Å². The maximum Gasteiger partial charge on any atom is 0.695 e. The van der Waals surface area contributed by atoms with E-state index in [1.807, 2.05) is 0 Å². The van der Waals surface area contributed by atoms with E-state index >= 15 is 0 Å². The van der Waals surface area contributed by atoms with Crippen molar-refractivity contribution in [2.45, 2.75) is 73.8 Å². The zero-order valence-corrected chi connectivity index (χ0v) is 15.4. The Kier molecular flexibility index (Phi) is 8.47. The van der Waals surface area contributed by atoms with Crippen LogP contribution in [0.1, 0.15) is 68.2 Å². The summed E-state index contributed by atoms with van der Waals surface area (Å²) in [5.41, 5.74) is -0.531. The van der Waals surface area contributed by atoms with Crippen molar-refractivity contribution in [3.8, 4) is 0 Å². The molecule has 0 rings (SSSR count). The van der Waals surface area contributed by atoms with Crippen molar-refractivity contribution in [1.82, 2.24) is 0 Å². The van der Waals surface area contributed by atoms with Crippen LogP contribution in [0.3, 0.4) is 0 Å². The summed E-state index contributed by atoms with van der Waals surface area (Å²) in [6.07, 6.45) is 2.01. The lowest BCUT2D eigenvalue weighted by Gasteiger charge is -2.43. The van der Waals surface area contributed by atoms with Crippen molar-refractivity contribution in [3.05, 3.63) is 0 Å². The van der Waals surface area contributed by atoms with E-state index < -0.39 is 13.9 Å². The second-order valence-electron chi connectivity index (χ2n) is 7.40. The first-order valence-corrected chi connectivity index (χ1v) is 9.02. The average molecular weight is 305 g/mol. The van der Waals surface area contributed by atoms with Gasteiger partial charge >= 0.3 is 8.25 Å². The molecule has 120 valence electrons. The molecule has 0 bridgehead atoms. The standard InChI is InChI=1S/C16H33O3P/c1-11(2)9-14(7)16(13(5)6,19-20(17)18)15(8)10-12(3)4/h11-15H,9-10H2,1-8H3/p+1. The topological polar surface area (TPSA) is 46.5 Å². The van der Waals surface area contributed by atoms with Gasteiger partial charge in [0.1, 0.15) is 5.60 Å². The third-order valence-electron chi connectivity index (χ3n) is 4.33. The summed E-state index contributed by atoms with van der Waals surface area (Å²) in [7, 11) is -2.59. The Bertz CT molecular complexity index is 284. The van der Waals surface area contributed by atoms with Gasteiger partial charge in [-0.05, 0) is 42.4 Å². The van der Waals surface area contributed by atoms with E-state index in [9.17, 15) is 9.46 Å². The zero-order valence-electron chi connectivity index (χ0n) is 14.5. The molecule has 4 heteroatoms.